The maximum atomic E-state index is 10.6. The van der Waals surface area contributed by atoms with Crippen LogP contribution in [0.15, 0.2) is 22.7 Å². The number of ether oxygens (including phenoxy) is 1. The minimum Gasteiger partial charge on any atom is -0.385 e. The van der Waals surface area contributed by atoms with Crippen LogP contribution in [0.3, 0.4) is 0 Å². The van der Waals surface area contributed by atoms with E-state index in [1.807, 2.05) is 6.92 Å². The van der Waals surface area contributed by atoms with Gasteiger partial charge in [-0.05, 0) is 41.4 Å². The van der Waals surface area contributed by atoms with E-state index < -0.39 is 4.92 Å². The van der Waals surface area contributed by atoms with E-state index in [4.69, 9.17) is 4.74 Å². The molecule has 6 heteroatoms. The Kier molecular flexibility index (Phi) is 5.37. The van der Waals surface area contributed by atoms with Gasteiger partial charge in [0.15, 0.2) is 0 Å². The van der Waals surface area contributed by atoms with Crippen LogP contribution in [0.2, 0.25) is 0 Å². The molecule has 1 unspecified atom stereocenters. The Morgan fingerprint density at radius 2 is 2.29 bits per heavy atom. The fourth-order valence-corrected chi connectivity index (χ4v) is 1.92. The van der Waals surface area contributed by atoms with E-state index in [0.717, 1.165) is 12.1 Å². The molecule has 0 amide bonds. The average Bonchev–Trinajstić information content (AvgIpc) is 2.26. The zero-order chi connectivity index (χ0) is 12.8. The molecule has 1 N–H and O–H groups in total. The van der Waals surface area contributed by atoms with Gasteiger partial charge in [-0.3, -0.25) is 10.1 Å². The normalized spacial score (nSPS) is 12.2. The number of methoxy groups -OCH3 is 1. The van der Waals surface area contributed by atoms with Gasteiger partial charge in [0, 0.05) is 31.5 Å². The van der Waals surface area contributed by atoms with Crippen molar-refractivity contribution in [3.63, 3.8) is 0 Å². The lowest BCUT2D eigenvalue weighted by atomic mass is 10.2. The van der Waals surface area contributed by atoms with Crippen LogP contribution in [-0.4, -0.2) is 24.7 Å². The molecule has 0 heterocycles. The zero-order valence-electron chi connectivity index (χ0n) is 9.77. The number of hydrogen-bond acceptors (Lipinski definition) is 4. The Morgan fingerprint density at radius 1 is 1.59 bits per heavy atom. The van der Waals surface area contributed by atoms with Crippen LogP contribution in [-0.2, 0) is 4.74 Å². The topological polar surface area (TPSA) is 64.4 Å². The molecule has 0 aromatic heterocycles. The highest BCUT2D eigenvalue weighted by Gasteiger charge is 2.12. The van der Waals surface area contributed by atoms with Gasteiger partial charge in [0.1, 0.15) is 0 Å². The predicted octanol–water partition coefficient (Wildman–Crippen LogP) is 3.19. The molecule has 0 aliphatic heterocycles. The molecule has 0 radical (unpaired) electrons. The SMILES string of the molecule is COCCC(C)Nc1ccc([N+](=O)[O-])c(Br)c1. The van der Waals surface area contributed by atoms with E-state index in [1.54, 1.807) is 19.2 Å². The molecule has 0 bridgehead atoms. The first-order valence-corrected chi connectivity index (χ1v) is 6.03. The highest BCUT2D eigenvalue weighted by molar-refractivity contribution is 9.10. The molecule has 0 fully saturated rings. The second-order valence-corrected chi connectivity index (χ2v) is 4.60. The number of hydrogen-bond donors (Lipinski definition) is 1. The first kappa shape index (κ1) is 13.9. The average molecular weight is 303 g/mol. The predicted molar refractivity (Wildman–Crippen MR) is 70.4 cm³/mol. The fraction of sp³-hybridized carbons (Fsp3) is 0.455. The Morgan fingerprint density at radius 3 is 2.82 bits per heavy atom. The molecule has 17 heavy (non-hydrogen) atoms. The number of rotatable bonds is 6. The van der Waals surface area contributed by atoms with Gasteiger partial charge >= 0.3 is 0 Å². The van der Waals surface area contributed by atoms with Crippen LogP contribution in [0.1, 0.15) is 13.3 Å². The molecule has 0 saturated heterocycles. The molecule has 1 rings (SSSR count). The van der Waals surface area contributed by atoms with Crippen molar-refractivity contribution in [3.05, 3.63) is 32.8 Å². The molecular weight excluding hydrogens is 288 g/mol. The highest BCUT2D eigenvalue weighted by Crippen LogP contribution is 2.28. The third kappa shape index (κ3) is 4.32. The van der Waals surface area contributed by atoms with Crippen molar-refractivity contribution in [2.45, 2.75) is 19.4 Å². The first-order valence-electron chi connectivity index (χ1n) is 5.24. The van der Waals surface area contributed by atoms with Gasteiger partial charge in [-0.15, -0.1) is 0 Å². The lowest BCUT2D eigenvalue weighted by Crippen LogP contribution is -2.17. The highest BCUT2D eigenvalue weighted by atomic mass is 79.9. The van der Waals surface area contributed by atoms with Crippen molar-refractivity contribution in [2.24, 2.45) is 0 Å². The summed E-state index contributed by atoms with van der Waals surface area (Å²) in [6, 6.07) is 5.15. The van der Waals surface area contributed by atoms with Gasteiger partial charge in [-0.1, -0.05) is 0 Å². The van der Waals surface area contributed by atoms with Gasteiger partial charge < -0.3 is 10.1 Å². The van der Waals surface area contributed by atoms with Gasteiger partial charge in [-0.25, -0.2) is 0 Å². The number of nitro benzene ring substituents is 1. The third-order valence-corrected chi connectivity index (χ3v) is 2.95. The number of benzene rings is 1. The molecule has 1 atom stereocenters. The molecule has 0 saturated carbocycles. The molecule has 0 aliphatic carbocycles. The number of nitro groups is 1. The Labute approximate surface area is 108 Å². The zero-order valence-corrected chi connectivity index (χ0v) is 11.4. The van der Waals surface area contributed by atoms with Gasteiger partial charge in [-0.2, -0.15) is 0 Å². The minimum atomic E-state index is -0.414. The summed E-state index contributed by atoms with van der Waals surface area (Å²) in [6.07, 6.45) is 0.880. The summed E-state index contributed by atoms with van der Waals surface area (Å²) < 4.78 is 5.46. The van der Waals surface area contributed by atoms with Crippen LogP contribution in [0.4, 0.5) is 11.4 Å². The monoisotopic (exact) mass is 302 g/mol. The smallest absolute Gasteiger partial charge is 0.283 e. The van der Waals surface area contributed by atoms with Crippen LogP contribution in [0.5, 0.6) is 0 Å². The van der Waals surface area contributed by atoms with E-state index in [9.17, 15) is 10.1 Å². The molecular formula is C11H15BrN2O3. The van der Waals surface area contributed by atoms with Crippen LogP contribution in [0, 0.1) is 10.1 Å². The summed E-state index contributed by atoms with van der Waals surface area (Å²) in [5, 5.41) is 13.9. The van der Waals surface area contributed by atoms with Gasteiger partial charge in [0.25, 0.3) is 5.69 Å². The van der Waals surface area contributed by atoms with Crippen LogP contribution >= 0.6 is 15.9 Å². The summed E-state index contributed by atoms with van der Waals surface area (Å²) in [7, 11) is 1.66. The quantitative estimate of drug-likeness (QED) is 0.647. The lowest BCUT2D eigenvalue weighted by molar-refractivity contribution is -0.385. The minimum absolute atomic E-state index is 0.0695. The number of nitrogens with one attached hydrogen (secondary N) is 1. The van der Waals surface area contributed by atoms with Crippen molar-refractivity contribution in [2.75, 3.05) is 19.0 Å². The molecule has 1 aromatic carbocycles. The van der Waals surface area contributed by atoms with Crippen LogP contribution < -0.4 is 5.32 Å². The van der Waals surface area contributed by atoms with Crippen LogP contribution in [0.25, 0.3) is 0 Å². The van der Waals surface area contributed by atoms with E-state index in [-0.39, 0.29) is 11.7 Å². The van der Waals surface area contributed by atoms with Gasteiger partial charge in [0.2, 0.25) is 0 Å². The fourth-order valence-electron chi connectivity index (χ4n) is 1.40. The van der Waals surface area contributed by atoms with E-state index in [0.29, 0.717) is 11.1 Å². The maximum absolute atomic E-state index is 10.6. The van der Waals surface area contributed by atoms with Crippen molar-refractivity contribution >= 4 is 27.3 Å². The summed E-state index contributed by atoms with van der Waals surface area (Å²) in [5.74, 6) is 0. The third-order valence-electron chi connectivity index (χ3n) is 2.31. The summed E-state index contributed by atoms with van der Waals surface area (Å²) in [5.41, 5.74) is 0.922. The maximum Gasteiger partial charge on any atom is 0.283 e. The van der Waals surface area contributed by atoms with E-state index in [2.05, 4.69) is 21.2 Å². The number of nitrogens with zero attached hydrogens (tertiary/aromatic N) is 1. The van der Waals surface area contributed by atoms with Crippen molar-refractivity contribution in [3.8, 4) is 0 Å². The Hall–Kier alpha value is -1.14. The van der Waals surface area contributed by atoms with Crippen molar-refractivity contribution < 1.29 is 9.66 Å². The summed E-state index contributed by atoms with van der Waals surface area (Å²) in [4.78, 5) is 10.2. The molecule has 0 aliphatic rings. The van der Waals surface area contributed by atoms with E-state index >= 15 is 0 Å². The largest absolute Gasteiger partial charge is 0.385 e. The van der Waals surface area contributed by atoms with Crippen molar-refractivity contribution in [1.29, 1.82) is 0 Å². The second kappa shape index (κ2) is 6.56. The summed E-state index contributed by atoms with van der Waals surface area (Å²) in [6.45, 7) is 2.72. The first-order chi connectivity index (χ1) is 8.04. The summed E-state index contributed by atoms with van der Waals surface area (Å²) >= 11 is 3.18. The standard InChI is InChI=1S/C11H15BrN2O3/c1-8(5-6-17-2)13-9-3-4-11(14(15)16)10(12)7-9/h3-4,7-8,13H,5-6H2,1-2H3. The Bertz CT molecular complexity index is 398. The van der Waals surface area contributed by atoms with E-state index in [1.165, 1.54) is 6.07 Å². The molecule has 0 spiro atoms. The van der Waals surface area contributed by atoms with Crippen molar-refractivity contribution in [1.82, 2.24) is 0 Å². The lowest BCUT2D eigenvalue weighted by Gasteiger charge is -2.14. The Balaban J connectivity index is 2.67. The number of anilines is 1. The number of halogens is 1. The molecule has 94 valence electrons. The van der Waals surface area contributed by atoms with Gasteiger partial charge in [0.05, 0.1) is 9.40 Å². The molecule has 1 aromatic rings. The second-order valence-electron chi connectivity index (χ2n) is 3.75. The molecule has 5 nitrogen and oxygen atoms in total.